The number of anilines is 2. The van der Waals surface area contributed by atoms with E-state index in [-0.39, 0.29) is 18.1 Å². The first-order valence-corrected chi connectivity index (χ1v) is 13.2. The number of aromatic nitrogens is 2. The number of carbonyl (C=O) groups is 1. The van der Waals surface area contributed by atoms with Crippen molar-refractivity contribution in [2.75, 3.05) is 36.4 Å². The third kappa shape index (κ3) is 4.45. The first-order chi connectivity index (χ1) is 17.2. The predicted octanol–water partition coefficient (Wildman–Crippen LogP) is 4.64. The first-order valence-electron chi connectivity index (χ1n) is 12.2. The van der Waals surface area contributed by atoms with Gasteiger partial charge in [0, 0.05) is 48.5 Å². The van der Waals surface area contributed by atoms with Crippen molar-refractivity contribution in [3.63, 3.8) is 0 Å². The van der Waals surface area contributed by atoms with Crippen LogP contribution >= 0.6 is 11.3 Å². The number of thiophene rings is 1. The van der Waals surface area contributed by atoms with E-state index in [1.165, 1.54) is 5.69 Å². The van der Waals surface area contributed by atoms with Gasteiger partial charge in [0.05, 0.1) is 17.3 Å². The van der Waals surface area contributed by atoms with Gasteiger partial charge in [-0.05, 0) is 72.0 Å². The highest BCUT2D eigenvalue weighted by molar-refractivity contribution is 7.08. The second-order valence-electron chi connectivity index (χ2n) is 9.44. The van der Waals surface area contributed by atoms with Gasteiger partial charge in [-0.1, -0.05) is 12.1 Å². The number of benzene rings is 2. The number of fused-ring (bicyclic) bond motifs is 1. The molecule has 0 spiro atoms. The molecule has 2 aliphatic heterocycles. The lowest BCUT2D eigenvalue weighted by Crippen LogP contribution is -2.45. The molecule has 2 aromatic heterocycles. The average molecular weight is 488 g/mol. The Morgan fingerprint density at radius 1 is 1.09 bits per heavy atom. The minimum Gasteiger partial charge on any atom is -0.393 e. The van der Waals surface area contributed by atoms with E-state index < -0.39 is 0 Å². The fourth-order valence-electron chi connectivity index (χ4n) is 5.03. The molecule has 7 nitrogen and oxygen atoms in total. The zero-order valence-electron chi connectivity index (χ0n) is 19.5. The molecular formula is C27H29N5O2S. The normalized spacial score (nSPS) is 17.9. The van der Waals surface area contributed by atoms with Crippen LogP contribution in [-0.2, 0) is 4.79 Å². The number of nitrogens with one attached hydrogen (secondary N) is 2. The third-order valence-electron chi connectivity index (χ3n) is 7.16. The monoisotopic (exact) mass is 487 g/mol. The first kappa shape index (κ1) is 22.3. The SMILES string of the molecule is O=C(Nc1ccc2[nH]nc(-c3ccc(N4CCC(O)CC4)cc3)c2c1)C(c1ccsc1)N1CCC1. The molecule has 35 heavy (non-hydrogen) atoms. The molecular weight excluding hydrogens is 458 g/mol. The molecule has 1 amide bonds. The molecule has 4 heterocycles. The molecule has 0 bridgehead atoms. The second-order valence-corrected chi connectivity index (χ2v) is 10.2. The number of aliphatic hydroxyl groups is 1. The quantitative estimate of drug-likeness (QED) is 0.369. The molecule has 8 heteroatoms. The number of aromatic amines is 1. The summed E-state index contributed by atoms with van der Waals surface area (Å²) in [6, 6.07) is 16.1. The molecule has 4 aromatic rings. The van der Waals surface area contributed by atoms with Crippen LogP contribution in [-0.4, -0.2) is 58.4 Å². The summed E-state index contributed by atoms with van der Waals surface area (Å²) in [6.45, 7) is 3.65. The van der Waals surface area contributed by atoms with E-state index in [9.17, 15) is 9.90 Å². The number of hydrogen-bond donors (Lipinski definition) is 3. The van der Waals surface area contributed by atoms with Crippen LogP contribution < -0.4 is 10.2 Å². The number of piperidine rings is 1. The molecule has 2 fully saturated rings. The molecule has 180 valence electrons. The fourth-order valence-corrected chi connectivity index (χ4v) is 5.71. The molecule has 0 radical (unpaired) electrons. The van der Waals surface area contributed by atoms with Gasteiger partial charge in [0.2, 0.25) is 5.91 Å². The summed E-state index contributed by atoms with van der Waals surface area (Å²) in [5, 5.41) is 25.7. The lowest BCUT2D eigenvalue weighted by molar-refractivity contribution is -0.123. The highest BCUT2D eigenvalue weighted by Gasteiger charge is 2.31. The minimum atomic E-state index is -0.252. The van der Waals surface area contributed by atoms with E-state index >= 15 is 0 Å². The molecule has 2 aromatic carbocycles. The van der Waals surface area contributed by atoms with Crippen molar-refractivity contribution < 1.29 is 9.90 Å². The Hall–Kier alpha value is -3.20. The van der Waals surface area contributed by atoms with Gasteiger partial charge in [-0.3, -0.25) is 14.8 Å². The summed E-state index contributed by atoms with van der Waals surface area (Å²) in [6.07, 6.45) is 2.58. The summed E-state index contributed by atoms with van der Waals surface area (Å²) >= 11 is 1.62. The summed E-state index contributed by atoms with van der Waals surface area (Å²) in [5.74, 6) is 0.00324. The zero-order valence-corrected chi connectivity index (χ0v) is 20.3. The van der Waals surface area contributed by atoms with Crippen molar-refractivity contribution in [3.05, 3.63) is 64.9 Å². The molecule has 0 aliphatic carbocycles. The molecule has 2 saturated heterocycles. The average Bonchev–Trinajstić information content (AvgIpc) is 3.52. The number of rotatable bonds is 6. The summed E-state index contributed by atoms with van der Waals surface area (Å²) in [4.78, 5) is 17.8. The number of H-pyrrole nitrogens is 1. The van der Waals surface area contributed by atoms with E-state index in [4.69, 9.17) is 0 Å². The number of hydrogen-bond acceptors (Lipinski definition) is 6. The predicted molar refractivity (Wildman–Crippen MR) is 141 cm³/mol. The van der Waals surface area contributed by atoms with Gasteiger partial charge >= 0.3 is 0 Å². The van der Waals surface area contributed by atoms with Gasteiger partial charge < -0.3 is 15.3 Å². The van der Waals surface area contributed by atoms with E-state index in [0.29, 0.717) is 0 Å². The third-order valence-corrected chi connectivity index (χ3v) is 7.87. The van der Waals surface area contributed by atoms with Crippen LogP contribution in [0.5, 0.6) is 0 Å². The topological polar surface area (TPSA) is 84.5 Å². The van der Waals surface area contributed by atoms with E-state index in [1.54, 1.807) is 11.3 Å². The Morgan fingerprint density at radius 3 is 2.57 bits per heavy atom. The lowest BCUT2D eigenvalue weighted by atomic mass is 10.0. The molecule has 2 aliphatic rings. The molecule has 1 unspecified atom stereocenters. The summed E-state index contributed by atoms with van der Waals surface area (Å²) < 4.78 is 0. The van der Waals surface area contributed by atoms with Crippen LogP contribution in [0, 0.1) is 0 Å². The van der Waals surface area contributed by atoms with Crippen molar-refractivity contribution in [2.24, 2.45) is 0 Å². The number of nitrogens with zero attached hydrogens (tertiary/aromatic N) is 3. The van der Waals surface area contributed by atoms with E-state index in [1.807, 2.05) is 29.6 Å². The Kier molecular flexibility index (Phi) is 6.01. The Balaban J connectivity index is 1.23. The van der Waals surface area contributed by atoms with Gasteiger partial charge in [-0.2, -0.15) is 16.4 Å². The maximum absolute atomic E-state index is 13.3. The van der Waals surface area contributed by atoms with Crippen molar-refractivity contribution in [3.8, 4) is 11.3 Å². The largest absolute Gasteiger partial charge is 0.393 e. The molecule has 0 saturated carbocycles. The minimum absolute atomic E-state index is 0.00324. The van der Waals surface area contributed by atoms with Gasteiger partial charge in [-0.15, -0.1) is 0 Å². The van der Waals surface area contributed by atoms with Crippen LogP contribution in [0.25, 0.3) is 22.2 Å². The number of amides is 1. The summed E-state index contributed by atoms with van der Waals surface area (Å²) in [7, 11) is 0. The van der Waals surface area contributed by atoms with Crippen LogP contribution in [0.4, 0.5) is 11.4 Å². The van der Waals surface area contributed by atoms with E-state index in [0.717, 1.165) is 78.9 Å². The molecule has 6 rings (SSSR count). The van der Waals surface area contributed by atoms with E-state index in [2.05, 4.69) is 55.0 Å². The lowest BCUT2D eigenvalue weighted by Gasteiger charge is -2.37. The van der Waals surface area contributed by atoms with Crippen LogP contribution in [0.15, 0.2) is 59.3 Å². The Bertz CT molecular complexity index is 1310. The van der Waals surface area contributed by atoms with Crippen LogP contribution in [0.3, 0.4) is 0 Å². The van der Waals surface area contributed by atoms with Gasteiger partial charge in [0.15, 0.2) is 0 Å². The second kappa shape index (κ2) is 9.45. The van der Waals surface area contributed by atoms with Crippen molar-refractivity contribution in [1.82, 2.24) is 15.1 Å². The number of likely N-dealkylation sites (tertiary alicyclic amines) is 1. The Morgan fingerprint density at radius 2 is 1.89 bits per heavy atom. The fraction of sp³-hybridized carbons (Fsp3) is 0.333. The maximum Gasteiger partial charge on any atom is 0.246 e. The number of aliphatic hydroxyl groups excluding tert-OH is 1. The number of carbonyl (C=O) groups excluding carboxylic acids is 1. The summed E-state index contributed by atoms with van der Waals surface area (Å²) in [5.41, 5.74) is 5.82. The van der Waals surface area contributed by atoms with Crippen LogP contribution in [0.1, 0.15) is 30.9 Å². The van der Waals surface area contributed by atoms with Gasteiger partial charge in [0.25, 0.3) is 0 Å². The van der Waals surface area contributed by atoms with Crippen molar-refractivity contribution in [2.45, 2.75) is 31.4 Å². The maximum atomic E-state index is 13.3. The van der Waals surface area contributed by atoms with Gasteiger partial charge in [0.1, 0.15) is 6.04 Å². The zero-order chi connectivity index (χ0) is 23.8. The van der Waals surface area contributed by atoms with Crippen molar-refractivity contribution >= 4 is 39.5 Å². The molecule has 1 atom stereocenters. The highest BCUT2D eigenvalue weighted by Crippen LogP contribution is 2.32. The Labute approximate surface area is 208 Å². The van der Waals surface area contributed by atoms with Crippen molar-refractivity contribution in [1.29, 1.82) is 0 Å². The van der Waals surface area contributed by atoms with Crippen LogP contribution in [0.2, 0.25) is 0 Å². The molecule has 3 N–H and O–H groups in total. The smallest absolute Gasteiger partial charge is 0.246 e. The standard InChI is InChI=1S/C27H29N5O2S/c33-22-8-13-31(14-9-22)21-5-2-18(3-6-21)25-23-16-20(4-7-24(23)29-30-25)28-27(34)26(32-11-1-12-32)19-10-15-35-17-19/h2-7,10,15-17,22,26,33H,1,8-9,11-14H2,(H,28,34)(H,29,30). The van der Waals surface area contributed by atoms with Gasteiger partial charge in [-0.25, -0.2) is 0 Å². The highest BCUT2D eigenvalue weighted by atomic mass is 32.1.